The summed E-state index contributed by atoms with van der Waals surface area (Å²) in [6.07, 6.45) is 5.13. The van der Waals surface area contributed by atoms with E-state index in [9.17, 15) is 4.79 Å². The number of hydrogen-bond acceptors (Lipinski definition) is 1. The summed E-state index contributed by atoms with van der Waals surface area (Å²) >= 11 is 0. The Labute approximate surface area is 67.6 Å². The van der Waals surface area contributed by atoms with Crippen molar-refractivity contribution in [3.8, 4) is 0 Å². The zero-order valence-corrected chi connectivity index (χ0v) is 7.05. The van der Waals surface area contributed by atoms with Crippen molar-refractivity contribution in [3.05, 3.63) is 0 Å². The number of carboxylic acids is 1. The van der Waals surface area contributed by atoms with Crippen LogP contribution >= 0.6 is 0 Å². The molecule has 1 N–H and O–H groups in total. The van der Waals surface area contributed by atoms with Gasteiger partial charge in [-0.15, -0.1) is 0 Å². The first-order chi connectivity index (χ1) is 5.18. The Kier molecular flexibility index (Phi) is 2.92. The summed E-state index contributed by atoms with van der Waals surface area (Å²) in [5.74, 6) is 0.563. The second kappa shape index (κ2) is 3.74. The van der Waals surface area contributed by atoms with Crippen molar-refractivity contribution in [1.29, 1.82) is 0 Å². The first kappa shape index (κ1) is 8.57. The molecular formula is C9H16O2. The van der Waals surface area contributed by atoms with Crippen LogP contribution in [-0.2, 0) is 4.79 Å². The van der Waals surface area contributed by atoms with E-state index in [4.69, 9.17) is 5.11 Å². The summed E-state index contributed by atoms with van der Waals surface area (Å²) < 4.78 is 0. The molecule has 0 aromatic carbocycles. The average Bonchev–Trinajstić information content (AvgIpc) is 1.85. The summed E-state index contributed by atoms with van der Waals surface area (Å²) in [6.45, 7) is 2.22. The second-order valence-electron chi connectivity index (χ2n) is 3.74. The van der Waals surface area contributed by atoms with E-state index in [1.807, 2.05) is 0 Å². The lowest BCUT2D eigenvalue weighted by atomic mass is 9.81. The molecule has 0 aromatic heterocycles. The fourth-order valence-electron chi connectivity index (χ4n) is 1.99. The molecule has 0 aromatic rings. The standard InChI is InChI=1S/C9H16O2/c1-7-3-2-4-8(5-7)6-9(10)11/h7-8H,2-6H2,1H3,(H,10,11)/t7-,8-/m0/s1. The maximum atomic E-state index is 10.4. The van der Waals surface area contributed by atoms with Gasteiger partial charge in [0.25, 0.3) is 0 Å². The van der Waals surface area contributed by atoms with Gasteiger partial charge in [-0.2, -0.15) is 0 Å². The topological polar surface area (TPSA) is 37.3 Å². The number of carboxylic acid groups (broad SMARTS) is 1. The van der Waals surface area contributed by atoms with E-state index >= 15 is 0 Å². The van der Waals surface area contributed by atoms with Crippen molar-refractivity contribution in [2.45, 2.75) is 39.0 Å². The first-order valence-corrected chi connectivity index (χ1v) is 4.40. The molecule has 0 heterocycles. The molecule has 2 atom stereocenters. The Bertz CT molecular complexity index is 142. The minimum Gasteiger partial charge on any atom is -0.481 e. The Morgan fingerprint density at radius 3 is 2.82 bits per heavy atom. The Hall–Kier alpha value is -0.530. The van der Waals surface area contributed by atoms with Gasteiger partial charge >= 0.3 is 5.97 Å². The SMILES string of the molecule is C[C@H]1CCC[C@H](CC(=O)O)C1. The van der Waals surface area contributed by atoms with Gasteiger partial charge in [0, 0.05) is 6.42 Å². The van der Waals surface area contributed by atoms with Crippen LogP contribution in [0.2, 0.25) is 0 Å². The van der Waals surface area contributed by atoms with Crippen LogP contribution in [0.4, 0.5) is 0 Å². The van der Waals surface area contributed by atoms with E-state index in [-0.39, 0.29) is 0 Å². The van der Waals surface area contributed by atoms with Crippen LogP contribution < -0.4 is 0 Å². The van der Waals surface area contributed by atoms with Gasteiger partial charge in [-0.05, 0) is 24.7 Å². The van der Waals surface area contributed by atoms with Gasteiger partial charge in [0.05, 0.1) is 0 Å². The lowest BCUT2D eigenvalue weighted by molar-refractivity contribution is -0.138. The molecule has 0 amide bonds. The Balaban J connectivity index is 2.28. The summed E-state index contributed by atoms with van der Waals surface area (Å²) in [4.78, 5) is 10.4. The Morgan fingerprint density at radius 1 is 1.55 bits per heavy atom. The van der Waals surface area contributed by atoms with Gasteiger partial charge in [-0.25, -0.2) is 0 Å². The lowest BCUT2D eigenvalue weighted by Crippen LogP contribution is -2.16. The van der Waals surface area contributed by atoms with Crippen LogP contribution in [0.3, 0.4) is 0 Å². The molecule has 0 saturated heterocycles. The molecule has 2 heteroatoms. The highest BCUT2D eigenvalue weighted by atomic mass is 16.4. The fraction of sp³-hybridized carbons (Fsp3) is 0.889. The van der Waals surface area contributed by atoms with Crippen molar-refractivity contribution in [3.63, 3.8) is 0 Å². The summed E-state index contributed by atoms with van der Waals surface area (Å²) in [5.41, 5.74) is 0. The molecule has 1 aliphatic carbocycles. The molecule has 0 aliphatic heterocycles. The van der Waals surface area contributed by atoms with Gasteiger partial charge in [-0.3, -0.25) is 4.79 Å². The summed E-state index contributed by atoms with van der Waals surface area (Å²) in [6, 6.07) is 0. The molecule has 11 heavy (non-hydrogen) atoms. The highest BCUT2D eigenvalue weighted by Crippen LogP contribution is 2.30. The third-order valence-corrected chi connectivity index (χ3v) is 2.51. The quantitative estimate of drug-likeness (QED) is 0.666. The van der Waals surface area contributed by atoms with Gasteiger partial charge in [0.2, 0.25) is 0 Å². The molecule has 1 saturated carbocycles. The predicted molar refractivity (Wildman–Crippen MR) is 43.4 cm³/mol. The molecule has 64 valence electrons. The van der Waals surface area contributed by atoms with Crippen LogP contribution in [0.5, 0.6) is 0 Å². The number of carbonyl (C=O) groups is 1. The molecule has 0 spiro atoms. The van der Waals surface area contributed by atoms with Crippen LogP contribution in [-0.4, -0.2) is 11.1 Å². The predicted octanol–water partition coefficient (Wildman–Crippen LogP) is 2.29. The number of hydrogen-bond donors (Lipinski definition) is 1. The molecule has 0 bridgehead atoms. The molecule has 0 radical (unpaired) electrons. The van der Waals surface area contributed by atoms with Crippen LogP contribution in [0, 0.1) is 11.8 Å². The van der Waals surface area contributed by atoms with Crippen molar-refractivity contribution >= 4 is 5.97 Å². The van der Waals surface area contributed by atoms with E-state index in [1.165, 1.54) is 12.8 Å². The molecule has 2 nitrogen and oxygen atoms in total. The van der Waals surface area contributed by atoms with Gasteiger partial charge < -0.3 is 5.11 Å². The third-order valence-electron chi connectivity index (χ3n) is 2.51. The van der Waals surface area contributed by atoms with Crippen molar-refractivity contribution in [2.75, 3.05) is 0 Å². The maximum Gasteiger partial charge on any atom is 0.303 e. The minimum atomic E-state index is -0.635. The maximum absolute atomic E-state index is 10.4. The zero-order valence-electron chi connectivity index (χ0n) is 7.05. The molecule has 1 aliphatic rings. The fourth-order valence-corrected chi connectivity index (χ4v) is 1.99. The van der Waals surface area contributed by atoms with Crippen LogP contribution in [0.1, 0.15) is 39.0 Å². The Morgan fingerprint density at radius 2 is 2.27 bits per heavy atom. The smallest absolute Gasteiger partial charge is 0.303 e. The van der Waals surface area contributed by atoms with E-state index in [0.29, 0.717) is 12.3 Å². The largest absolute Gasteiger partial charge is 0.481 e. The van der Waals surface area contributed by atoms with E-state index in [2.05, 4.69) is 6.92 Å². The number of aliphatic carboxylic acids is 1. The monoisotopic (exact) mass is 156 g/mol. The average molecular weight is 156 g/mol. The van der Waals surface area contributed by atoms with Gasteiger partial charge in [-0.1, -0.05) is 19.8 Å². The van der Waals surface area contributed by atoms with E-state index in [1.54, 1.807) is 0 Å². The minimum absolute atomic E-state index is 0.379. The summed E-state index contributed by atoms with van der Waals surface area (Å²) in [5, 5.41) is 8.55. The van der Waals surface area contributed by atoms with Crippen molar-refractivity contribution in [1.82, 2.24) is 0 Å². The highest BCUT2D eigenvalue weighted by molar-refractivity contribution is 5.67. The van der Waals surface area contributed by atoms with E-state index in [0.717, 1.165) is 18.8 Å². The third kappa shape index (κ3) is 2.91. The molecule has 1 fully saturated rings. The van der Waals surface area contributed by atoms with Gasteiger partial charge in [0.1, 0.15) is 0 Å². The first-order valence-electron chi connectivity index (χ1n) is 4.40. The van der Waals surface area contributed by atoms with Crippen LogP contribution in [0.15, 0.2) is 0 Å². The van der Waals surface area contributed by atoms with E-state index < -0.39 is 5.97 Å². The zero-order chi connectivity index (χ0) is 8.27. The summed E-state index contributed by atoms with van der Waals surface area (Å²) in [7, 11) is 0. The molecular weight excluding hydrogens is 140 g/mol. The van der Waals surface area contributed by atoms with Crippen molar-refractivity contribution in [2.24, 2.45) is 11.8 Å². The normalized spacial score (nSPS) is 31.7. The molecule has 1 rings (SSSR count). The second-order valence-corrected chi connectivity index (χ2v) is 3.74. The van der Waals surface area contributed by atoms with Crippen LogP contribution in [0.25, 0.3) is 0 Å². The number of rotatable bonds is 2. The van der Waals surface area contributed by atoms with Gasteiger partial charge in [0.15, 0.2) is 0 Å². The van der Waals surface area contributed by atoms with Crippen molar-refractivity contribution < 1.29 is 9.90 Å². The molecule has 0 unspecified atom stereocenters. The lowest BCUT2D eigenvalue weighted by Gasteiger charge is -2.25. The highest BCUT2D eigenvalue weighted by Gasteiger charge is 2.20.